The minimum atomic E-state index is -0.347. The summed E-state index contributed by atoms with van der Waals surface area (Å²) in [6.07, 6.45) is 3.83. The average Bonchev–Trinajstić information content (AvgIpc) is 2.83. The van der Waals surface area contributed by atoms with E-state index in [1.54, 1.807) is 12.1 Å². The van der Waals surface area contributed by atoms with Crippen molar-refractivity contribution in [1.82, 2.24) is 15.1 Å². The van der Waals surface area contributed by atoms with Crippen molar-refractivity contribution < 1.29 is 4.39 Å². The molecule has 0 spiro atoms. The van der Waals surface area contributed by atoms with E-state index in [-0.39, 0.29) is 42.7 Å². The molecule has 0 atom stereocenters. The van der Waals surface area contributed by atoms with Gasteiger partial charge in [-0.2, -0.15) is 5.10 Å². The predicted octanol–water partition coefficient (Wildman–Crippen LogP) is 4.44. The molecule has 35 heavy (non-hydrogen) atoms. The Balaban J connectivity index is 0.00000216. The van der Waals surface area contributed by atoms with E-state index in [1.807, 2.05) is 43.3 Å². The van der Waals surface area contributed by atoms with Gasteiger partial charge in [-0.15, -0.1) is 24.8 Å². The van der Waals surface area contributed by atoms with Crippen LogP contribution in [0.15, 0.2) is 53.3 Å². The van der Waals surface area contributed by atoms with E-state index in [0.29, 0.717) is 28.5 Å². The fraction of sp³-hybridized carbons (Fsp3) is 0.280. The van der Waals surface area contributed by atoms with Crippen LogP contribution >= 0.6 is 36.4 Å². The number of halogens is 4. The first-order chi connectivity index (χ1) is 16.0. The molecule has 1 saturated heterocycles. The molecule has 0 aliphatic carbocycles. The summed E-state index contributed by atoms with van der Waals surface area (Å²) in [6, 6.07) is 12.3. The number of aromatic nitrogens is 2. The topological polar surface area (TPSA) is 76.2 Å². The van der Waals surface area contributed by atoms with Gasteiger partial charge in [0.15, 0.2) is 0 Å². The lowest BCUT2D eigenvalue weighted by Gasteiger charge is -2.30. The number of hydrogen-bond donors (Lipinski definition) is 2. The molecular weight excluding hydrogens is 512 g/mol. The third-order valence-electron chi connectivity index (χ3n) is 5.80. The van der Waals surface area contributed by atoms with Crippen molar-refractivity contribution in [2.45, 2.75) is 20.0 Å². The van der Waals surface area contributed by atoms with E-state index in [1.165, 1.54) is 10.7 Å². The van der Waals surface area contributed by atoms with Crippen molar-refractivity contribution in [3.8, 4) is 11.3 Å². The summed E-state index contributed by atoms with van der Waals surface area (Å²) < 4.78 is 15.5. The molecule has 3 aromatic rings. The van der Waals surface area contributed by atoms with Crippen LogP contribution in [0.2, 0.25) is 5.02 Å². The lowest BCUT2D eigenvalue weighted by Crippen LogP contribution is -2.46. The Morgan fingerprint density at radius 3 is 2.49 bits per heavy atom. The number of rotatable bonds is 6. The molecule has 2 heterocycles. The Morgan fingerprint density at radius 2 is 1.83 bits per heavy atom. The molecule has 1 aliphatic heterocycles. The Labute approximate surface area is 221 Å². The van der Waals surface area contributed by atoms with Gasteiger partial charge in [0.1, 0.15) is 11.5 Å². The molecule has 1 fully saturated rings. The Hall–Kier alpha value is -2.42. The van der Waals surface area contributed by atoms with Crippen LogP contribution < -0.4 is 21.5 Å². The van der Waals surface area contributed by atoms with Gasteiger partial charge in [0, 0.05) is 54.4 Å². The van der Waals surface area contributed by atoms with Gasteiger partial charge in [-0.05, 0) is 42.8 Å². The molecular formula is C25H29Cl3FN5O. The number of nitrogens with one attached hydrogen (secondary N) is 1. The zero-order valence-corrected chi connectivity index (χ0v) is 21.7. The van der Waals surface area contributed by atoms with Gasteiger partial charge < -0.3 is 16.0 Å². The van der Waals surface area contributed by atoms with E-state index < -0.39 is 0 Å². The lowest BCUT2D eigenvalue weighted by atomic mass is 10.0. The highest BCUT2D eigenvalue weighted by molar-refractivity contribution is 6.30. The van der Waals surface area contributed by atoms with E-state index in [2.05, 4.69) is 15.3 Å². The third-order valence-corrected chi connectivity index (χ3v) is 6.05. The average molecular weight is 541 g/mol. The second-order valence-corrected chi connectivity index (χ2v) is 8.45. The Kier molecular flexibility index (Phi) is 10.7. The fourth-order valence-corrected chi connectivity index (χ4v) is 4.16. The van der Waals surface area contributed by atoms with Crippen molar-refractivity contribution in [2.24, 2.45) is 5.73 Å². The molecule has 0 radical (unpaired) electrons. The van der Waals surface area contributed by atoms with Gasteiger partial charge in [0.2, 0.25) is 0 Å². The second-order valence-electron chi connectivity index (χ2n) is 8.01. The van der Waals surface area contributed by atoms with Crippen LogP contribution in [0.1, 0.15) is 16.7 Å². The molecule has 10 heteroatoms. The molecule has 0 amide bonds. The van der Waals surface area contributed by atoms with Crippen molar-refractivity contribution in [3.05, 3.63) is 86.4 Å². The SMILES string of the molecule is Cc1c(-c2ccc(F)c(CN)c2)nn(CC=Cc2ccc(Cl)cc2)c(=O)c1N1CCNCC1.Cl.Cl. The van der Waals surface area contributed by atoms with Crippen LogP contribution in [0.25, 0.3) is 17.3 Å². The van der Waals surface area contributed by atoms with E-state index in [9.17, 15) is 9.18 Å². The molecule has 0 bridgehead atoms. The quantitative estimate of drug-likeness (QED) is 0.484. The number of nitrogens with two attached hydrogens (primary N) is 1. The highest BCUT2D eigenvalue weighted by Gasteiger charge is 2.22. The molecule has 2 aromatic carbocycles. The summed E-state index contributed by atoms with van der Waals surface area (Å²) in [5, 5.41) is 8.67. The minimum Gasteiger partial charge on any atom is -0.364 e. The van der Waals surface area contributed by atoms with Crippen LogP contribution in [-0.2, 0) is 13.1 Å². The van der Waals surface area contributed by atoms with Crippen molar-refractivity contribution in [2.75, 3.05) is 31.1 Å². The predicted molar refractivity (Wildman–Crippen MR) is 147 cm³/mol. The van der Waals surface area contributed by atoms with Gasteiger partial charge in [-0.3, -0.25) is 4.79 Å². The number of allylic oxidation sites excluding steroid dienone is 1. The summed E-state index contributed by atoms with van der Waals surface area (Å²) in [5.41, 5.74) is 9.79. The standard InChI is InChI=1S/C25H27ClFN5O.2ClH/c1-17-23(19-6-9-22(27)20(15-19)16-28)30-32(12-2-3-18-4-7-21(26)8-5-18)25(33)24(17)31-13-10-29-11-14-31;;/h2-9,15,29H,10-14,16,28H2,1H3;2*1H. The van der Waals surface area contributed by atoms with Crippen molar-refractivity contribution >= 4 is 48.2 Å². The monoisotopic (exact) mass is 539 g/mol. The summed E-state index contributed by atoms with van der Waals surface area (Å²) in [7, 11) is 0. The van der Waals surface area contributed by atoms with Crippen LogP contribution in [-0.4, -0.2) is 36.0 Å². The van der Waals surface area contributed by atoms with Gasteiger partial charge in [-0.1, -0.05) is 35.9 Å². The molecule has 6 nitrogen and oxygen atoms in total. The Bertz CT molecular complexity index is 1230. The highest BCUT2D eigenvalue weighted by atomic mass is 35.5. The maximum absolute atomic E-state index is 14.1. The number of hydrogen-bond acceptors (Lipinski definition) is 5. The minimum absolute atomic E-state index is 0. The number of nitrogens with zero attached hydrogens (tertiary/aromatic N) is 3. The molecule has 188 valence electrons. The first kappa shape index (κ1) is 28.8. The lowest BCUT2D eigenvalue weighted by molar-refractivity contribution is 0.577. The van der Waals surface area contributed by atoms with Crippen molar-refractivity contribution in [1.29, 1.82) is 0 Å². The van der Waals surface area contributed by atoms with Crippen molar-refractivity contribution in [3.63, 3.8) is 0 Å². The van der Waals surface area contributed by atoms with Crippen LogP contribution in [0.4, 0.5) is 10.1 Å². The Morgan fingerprint density at radius 1 is 1.14 bits per heavy atom. The zero-order chi connectivity index (χ0) is 23.4. The third kappa shape index (κ3) is 6.63. The van der Waals surface area contributed by atoms with Gasteiger partial charge in [0.25, 0.3) is 5.56 Å². The molecule has 0 saturated carbocycles. The largest absolute Gasteiger partial charge is 0.364 e. The normalized spacial score (nSPS) is 13.4. The molecule has 3 N–H and O–H groups in total. The summed E-state index contributed by atoms with van der Waals surface area (Å²) in [6.45, 7) is 5.38. The molecule has 4 rings (SSSR count). The van der Waals surface area contributed by atoms with E-state index in [0.717, 1.165) is 42.9 Å². The van der Waals surface area contributed by atoms with Gasteiger partial charge in [0.05, 0.1) is 12.2 Å². The smallest absolute Gasteiger partial charge is 0.290 e. The molecule has 0 unspecified atom stereocenters. The number of benzene rings is 2. The van der Waals surface area contributed by atoms with Gasteiger partial charge in [-0.25, -0.2) is 9.07 Å². The van der Waals surface area contributed by atoms with Crippen LogP contribution in [0.3, 0.4) is 0 Å². The summed E-state index contributed by atoms with van der Waals surface area (Å²) in [4.78, 5) is 15.5. The maximum Gasteiger partial charge on any atom is 0.290 e. The summed E-state index contributed by atoms with van der Waals surface area (Å²) >= 11 is 5.96. The van der Waals surface area contributed by atoms with Crippen LogP contribution in [0.5, 0.6) is 0 Å². The first-order valence-corrected chi connectivity index (χ1v) is 11.3. The number of piperazine rings is 1. The zero-order valence-electron chi connectivity index (χ0n) is 19.3. The highest BCUT2D eigenvalue weighted by Crippen LogP contribution is 2.28. The second kappa shape index (κ2) is 13.0. The first-order valence-electron chi connectivity index (χ1n) is 11.0. The number of anilines is 1. The maximum atomic E-state index is 14.1. The fourth-order valence-electron chi connectivity index (χ4n) is 4.04. The van der Waals surface area contributed by atoms with Gasteiger partial charge >= 0.3 is 0 Å². The molecule has 1 aromatic heterocycles. The van der Waals surface area contributed by atoms with Crippen LogP contribution in [0, 0.1) is 12.7 Å². The molecule has 1 aliphatic rings. The van der Waals surface area contributed by atoms with E-state index >= 15 is 0 Å². The summed E-state index contributed by atoms with van der Waals surface area (Å²) in [5.74, 6) is -0.347. The van der Waals surface area contributed by atoms with E-state index in [4.69, 9.17) is 17.3 Å².